The van der Waals surface area contributed by atoms with Gasteiger partial charge in [-0.25, -0.2) is 4.79 Å². The van der Waals surface area contributed by atoms with Gasteiger partial charge in [-0.2, -0.15) is 0 Å². The quantitative estimate of drug-likeness (QED) is 0.407. The smallest absolute Gasteiger partial charge is 0.332 e. The Labute approximate surface area is 162 Å². The molecule has 0 radical (unpaired) electrons. The summed E-state index contributed by atoms with van der Waals surface area (Å²) in [4.78, 5) is 15.6. The molecule has 27 heavy (non-hydrogen) atoms. The maximum Gasteiger partial charge on any atom is 0.332 e. The molecule has 0 amide bonds. The number of rotatable bonds is 12. The average Bonchev–Trinajstić information content (AvgIpc) is 3.05. The minimum Gasteiger partial charge on any atom is -0.507 e. The lowest BCUT2D eigenvalue weighted by Gasteiger charge is -2.12. The standard InChI is InChI=1S/C18H25NO7S/c1-18(17(21)22)11-27-16(19-18)14-10-13(4-5-15(14)20)26-9-8-24-6-3-7-25-12-23-2/h4-5,10,20H,3,6-9,11-12H2,1-2H3,(H,21,22)/t18-/m1/s1. The summed E-state index contributed by atoms with van der Waals surface area (Å²) < 4.78 is 21.0. The van der Waals surface area contributed by atoms with Crippen molar-refractivity contribution in [3.8, 4) is 11.5 Å². The maximum absolute atomic E-state index is 11.3. The SMILES string of the molecule is COCOCCCOCCOc1ccc(O)c(C2=N[C@@](C)(C(=O)O)CS2)c1. The summed E-state index contributed by atoms with van der Waals surface area (Å²) in [5, 5.41) is 19.9. The summed E-state index contributed by atoms with van der Waals surface area (Å²) in [7, 11) is 1.57. The average molecular weight is 399 g/mol. The Hall–Kier alpha value is -1.81. The van der Waals surface area contributed by atoms with E-state index in [0.717, 1.165) is 6.42 Å². The maximum atomic E-state index is 11.3. The van der Waals surface area contributed by atoms with Crippen LogP contribution in [-0.4, -0.2) is 72.8 Å². The fourth-order valence-corrected chi connectivity index (χ4v) is 3.44. The van der Waals surface area contributed by atoms with Gasteiger partial charge in [0.25, 0.3) is 0 Å². The first-order chi connectivity index (χ1) is 13.0. The van der Waals surface area contributed by atoms with E-state index in [9.17, 15) is 15.0 Å². The van der Waals surface area contributed by atoms with Crippen molar-refractivity contribution >= 4 is 22.8 Å². The number of benzene rings is 1. The van der Waals surface area contributed by atoms with Gasteiger partial charge in [0.2, 0.25) is 0 Å². The summed E-state index contributed by atoms with van der Waals surface area (Å²) >= 11 is 1.30. The molecule has 2 rings (SSSR count). The minimum atomic E-state index is -1.18. The zero-order valence-electron chi connectivity index (χ0n) is 15.5. The van der Waals surface area contributed by atoms with Crippen LogP contribution in [0.15, 0.2) is 23.2 Å². The van der Waals surface area contributed by atoms with Gasteiger partial charge in [-0.05, 0) is 31.5 Å². The fraction of sp³-hybridized carbons (Fsp3) is 0.556. The predicted molar refractivity (Wildman–Crippen MR) is 102 cm³/mol. The Morgan fingerprint density at radius 2 is 2.04 bits per heavy atom. The number of carbonyl (C=O) groups is 1. The number of carboxylic acid groups (broad SMARTS) is 1. The number of nitrogens with zero attached hydrogens (tertiary/aromatic N) is 1. The molecular formula is C18H25NO7S. The second-order valence-electron chi connectivity index (χ2n) is 6.09. The van der Waals surface area contributed by atoms with Crippen LogP contribution in [0.5, 0.6) is 11.5 Å². The summed E-state index contributed by atoms with van der Waals surface area (Å²) in [5.41, 5.74) is -0.705. The second kappa shape index (κ2) is 10.5. The molecule has 0 fully saturated rings. The first-order valence-corrected chi connectivity index (χ1v) is 9.51. The summed E-state index contributed by atoms with van der Waals surface area (Å²) in [6.45, 7) is 3.76. The number of carboxylic acids is 1. The van der Waals surface area contributed by atoms with E-state index >= 15 is 0 Å². The molecule has 1 aliphatic heterocycles. The van der Waals surface area contributed by atoms with Crippen LogP contribution in [0.4, 0.5) is 0 Å². The summed E-state index contributed by atoms with van der Waals surface area (Å²) in [6, 6.07) is 4.82. The van der Waals surface area contributed by atoms with Gasteiger partial charge in [0.05, 0.1) is 18.8 Å². The lowest BCUT2D eigenvalue weighted by molar-refractivity contribution is -0.141. The summed E-state index contributed by atoms with van der Waals surface area (Å²) in [5.74, 6) is -0.0660. The zero-order chi connectivity index (χ0) is 19.7. The third-order valence-electron chi connectivity index (χ3n) is 3.77. The topological polar surface area (TPSA) is 107 Å². The molecule has 0 unspecified atom stereocenters. The molecule has 0 aliphatic carbocycles. The van der Waals surface area contributed by atoms with E-state index < -0.39 is 11.5 Å². The van der Waals surface area contributed by atoms with Gasteiger partial charge in [0.15, 0.2) is 5.54 Å². The lowest BCUT2D eigenvalue weighted by Crippen LogP contribution is -2.33. The molecule has 0 spiro atoms. The molecule has 1 aliphatic rings. The largest absolute Gasteiger partial charge is 0.507 e. The first-order valence-electron chi connectivity index (χ1n) is 8.53. The first kappa shape index (κ1) is 21.5. The fourth-order valence-electron chi connectivity index (χ4n) is 2.25. The van der Waals surface area contributed by atoms with Crippen LogP contribution in [0, 0.1) is 0 Å². The van der Waals surface area contributed by atoms with Crippen molar-refractivity contribution < 1.29 is 34.0 Å². The van der Waals surface area contributed by atoms with Crippen molar-refractivity contribution in [2.24, 2.45) is 4.99 Å². The third-order valence-corrected chi connectivity index (χ3v) is 5.06. The van der Waals surface area contributed by atoms with Crippen LogP contribution < -0.4 is 4.74 Å². The van der Waals surface area contributed by atoms with Gasteiger partial charge in [-0.1, -0.05) is 0 Å². The lowest BCUT2D eigenvalue weighted by atomic mass is 10.1. The van der Waals surface area contributed by atoms with Gasteiger partial charge in [0, 0.05) is 19.5 Å². The van der Waals surface area contributed by atoms with Crippen molar-refractivity contribution in [3.63, 3.8) is 0 Å². The Bertz CT molecular complexity index is 667. The van der Waals surface area contributed by atoms with Crippen LogP contribution >= 0.6 is 11.8 Å². The number of aliphatic imine (C=N–C) groups is 1. The number of thioether (sulfide) groups is 1. The van der Waals surface area contributed by atoms with Crippen molar-refractivity contribution in [3.05, 3.63) is 23.8 Å². The van der Waals surface area contributed by atoms with E-state index in [4.69, 9.17) is 18.9 Å². The van der Waals surface area contributed by atoms with Gasteiger partial charge in [0.1, 0.15) is 29.9 Å². The Morgan fingerprint density at radius 3 is 2.74 bits per heavy atom. The molecule has 150 valence electrons. The number of ether oxygens (including phenoxy) is 4. The van der Waals surface area contributed by atoms with Crippen LogP contribution in [0.1, 0.15) is 18.9 Å². The monoisotopic (exact) mass is 399 g/mol. The van der Waals surface area contributed by atoms with Crippen molar-refractivity contribution in [2.45, 2.75) is 18.9 Å². The van der Waals surface area contributed by atoms with Crippen molar-refractivity contribution in [2.75, 3.05) is 46.1 Å². The summed E-state index contributed by atoms with van der Waals surface area (Å²) in [6.07, 6.45) is 0.770. The molecule has 1 aromatic carbocycles. The number of phenolic OH excluding ortho intramolecular Hbond substituents is 1. The molecular weight excluding hydrogens is 374 g/mol. The highest BCUT2D eigenvalue weighted by Gasteiger charge is 2.39. The van der Waals surface area contributed by atoms with Gasteiger partial charge in [-0.3, -0.25) is 4.99 Å². The van der Waals surface area contributed by atoms with E-state index in [-0.39, 0.29) is 12.5 Å². The number of hydrogen-bond acceptors (Lipinski definition) is 8. The van der Waals surface area contributed by atoms with Crippen LogP contribution in [0.2, 0.25) is 0 Å². The minimum absolute atomic E-state index is 0.0375. The molecule has 9 heteroatoms. The van der Waals surface area contributed by atoms with Gasteiger partial charge >= 0.3 is 5.97 Å². The molecule has 1 atom stereocenters. The van der Waals surface area contributed by atoms with Gasteiger partial charge in [-0.15, -0.1) is 11.8 Å². The van der Waals surface area contributed by atoms with Crippen LogP contribution in [0.25, 0.3) is 0 Å². The normalized spacial score (nSPS) is 19.1. The van der Waals surface area contributed by atoms with Gasteiger partial charge < -0.3 is 29.2 Å². The molecule has 8 nitrogen and oxygen atoms in total. The Morgan fingerprint density at radius 1 is 1.26 bits per heavy atom. The molecule has 0 saturated carbocycles. The molecule has 0 saturated heterocycles. The molecule has 1 aromatic rings. The molecule has 0 aromatic heterocycles. The number of methoxy groups -OCH3 is 1. The molecule has 2 N–H and O–H groups in total. The predicted octanol–water partition coefficient (Wildman–Crippen LogP) is 2.13. The molecule has 0 bridgehead atoms. The highest BCUT2D eigenvalue weighted by Crippen LogP contribution is 2.35. The van der Waals surface area contributed by atoms with Crippen molar-refractivity contribution in [1.29, 1.82) is 0 Å². The second-order valence-corrected chi connectivity index (χ2v) is 7.06. The molecule has 1 heterocycles. The van der Waals surface area contributed by atoms with Crippen LogP contribution in [-0.2, 0) is 19.0 Å². The van der Waals surface area contributed by atoms with E-state index in [1.54, 1.807) is 26.2 Å². The van der Waals surface area contributed by atoms with E-state index in [0.29, 0.717) is 48.5 Å². The Kier molecular flexibility index (Phi) is 8.36. The van der Waals surface area contributed by atoms with E-state index in [1.165, 1.54) is 17.8 Å². The van der Waals surface area contributed by atoms with Crippen molar-refractivity contribution in [1.82, 2.24) is 0 Å². The number of aromatic hydroxyl groups is 1. The highest BCUT2D eigenvalue weighted by molar-refractivity contribution is 8.14. The zero-order valence-corrected chi connectivity index (χ0v) is 16.3. The highest BCUT2D eigenvalue weighted by atomic mass is 32.2. The third kappa shape index (κ3) is 6.39. The Balaban J connectivity index is 1.81. The number of aliphatic carboxylic acids is 1. The van der Waals surface area contributed by atoms with Crippen LogP contribution in [0.3, 0.4) is 0 Å². The number of phenols is 1. The van der Waals surface area contributed by atoms with E-state index in [2.05, 4.69) is 4.99 Å². The van der Waals surface area contributed by atoms with E-state index in [1.807, 2.05) is 0 Å². The number of hydrogen-bond donors (Lipinski definition) is 2.